The van der Waals surface area contributed by atoms with Crippen LogP contribution >= 0.6 is 0 Å². The van der Waals surface area contributed by atoms with Gasteiger partial charge in [-0.2, -0.15) is 0 Å². The van der Waals surface area contributed by atoms with E-state index in [9.17, 15) is 0 Å². The summed E-state index contributed by atoms with van der Waals surface area (Å²) >= 11 is 0. The lowest BCUT2D eigenvalue weighted by Gasteiger charge is -2.04. The molecule has 21 heavy (non-hydrogen) atoms. The fraction of sp³-hybridized carbons (Fsp3) is 1.00. The summed E-state index contributed by atoms with van der Waals surface area (Å²) in [6, 6.07) is 0. The Morgan fingerprint density at radius 2 is 0.857 bits per heavy atom. The molecule has 0 atom stereocenters. The standard InChI is InChI=1S/C18H42N2Si/c19-16-14-12-10-8-6-4-2-1-3-5-7-9-11-13-15-17-20-18-21/h20H,1-19H2,21H3. The van der Waals surface area contributed by atoms with E-state index in [4.69, 9.17) is 5.73 Å². The van der Waals surface area contributed by atoms with Gasteiger partial charge in [0.1, 0.15) is 0 Å². The molecule has 0 fully saturated rings. The zero-order valence-electron chi connectivity index (χ0n) is 14.8. The highest BCUT2D eigenvalue weighted by Gasteiger charge is 1.94. The molecule has 0 bridgehead atoms. The van der Waals surface area contributed by atoms with Crippen LogP contribution in [-0.2, 0) is 0 Å². The Labute approximate surface area is 137 Å². The predicted molar refractivity (Wildman–Crippen MR) is 101 cm³/mol. The molecule has 0 aromatic heterocycles. The molecule has 0 unspecified atom stereocenters. The molecule has 0 spiro atoms. The van der Waals surface area contributed by atoms with Gasteiger partial charge in [0.05, 0.1) is 0 Å². The lowest BCUT2D eigenvalue weighted by Crippen LogP contribution is -2.16. The van der Waals surface area contributed by atoms with Crippen molar-refractivity contribution in [3.8, 4) is 0 Å². The number of nitrogens with one attached hydrogen (secondary N) is 1. The molecule has 2 nitrogen and oxygen atoms in total. The highest BCUT2D eigenvalue weighted by molar-refractivity contribution is 6.08. The predicted octanol–water partition coefficient (Wildman–Crippen LogP) is 3.71. The van der Waals surface area contributed by atoms with Crippen molar-refractivity contribution in [3.05, 3.63) is 0 Å². The van der Waals surface area contributed by atoms with Gasteiger partial charge in [0.15, 0.2) is 0 Å². The largest absolute Gasteiger partial charge is 0.330 e. The maximum atomic E-state index is 5.49. The Hall–Kier alpha value is 0.137. The van der Waals surface area contributed by atoms with Crippen LogP contribution in [0.5, 0.6) is 0 Å². The van der Waals surface area contributed by atoms with E-state index in [2.05, 4.69) is 5.32 Å². The van der Waals surface area contributed by atoms with Gasteiger partial charge in [-0.05, 0) is 32.1 Å². The van der Waals surface area contributed by atoms with Crippen LogP contribution in [0.2, 0.25) is 0 Å². The monoisotopic (exact) mass is 314 g/mol. The molecule has 3 heteroatoms. The molecule has 0 aliphatic rings. The molecule has 3 N–H and O–H groups in total. The molecule has 0 saturated heterocycles. The van der Waals surface area contributed by atoms with Crippen molar-refractivity contribution < 1.29 is 0 Å². The molecular formula is C18H42N2Si. The second-order valence-electron chi connectivity index (χ2n) is 6.45. The third kappa shape index (κ3) is 20.1. The van der Waals surface area contributed by atoms with Crippen LogP contribution in [0.3, 0.4) is 0 Å². The van der Waals surface area contributed by atoms with Crippen LogP contribution < -0.4 is 11.1 Å². The molecule has 0 heterocycles. The first-order chi connectivity index (χ1) is 10.4. The van der Waals surface area contributed by atoms with Gasteiger partial charge >= 0.3 is 0 Å². The van der Waals surface area contributed by atoms with Gasteiger partial charge in [0, 0.05) is 10.2 Å². The van der Waals surface area contributed by atoms with Crippen LogP contribution in [0.4, 0.5) is 0 Å². The summed E-state index contributed by atoms with van der Waals surface area (Å²) in [5.41, 5.74) is 5.49. The summed E-state index contributed by atoms with van der Waals surface area (Å²) in [7, 11) is 1.29. The minimum atomic E-state index is 0.872. The normalized spacial score (nSPS) is 11.3. The summed E-state index contributed by atoms with van der Waals surface area (Å²) in [5, 5.41) is 3.45. The summed E-state index contributed by atoms with van der Waals surface area (Å²) in [4.78, 5) is 0. The number of nitrogens with two attached hydrogens (primary N) is 1. The van der Waals surface area contributed by atoms with Gasteiger partial charge in [-0.25, -0.2) is 0 Å². The van der Waals surface area contributed by atoms with E-state index in [0.717, 1.165) is 6.54 Å². The lowest BCUT2D eigenvalue weighted by atomic mass is 10.0. The fourth-order valence-electron chi connectivity index (χ4n) is 2.87. The van der Waals surface area contributed by atoms with E-state index >= 15 is 0 Å². The van der Waals surface area contributed by atoms with E-state index in [1.807, 2.05) is 0 Å². The number of hydrogen-bond acceptors (Lipinski definition) is 2. The van der Waals surface area contributed by atoms with Crippen molar-refractivity contribution in [1.82, 2.24) is 5.32 Å². The van der Waals surface area contributed by atoms with Crippen LogP contribution in [-0.4, -0.2) is 29.5 Å². The van der Waals surface area contributed by atoms with Gasteiger partial charge in [-0.3, -0.25) is 0 Å². The van der Waals surface area contributed by atoms with Crippen molar-refractivity contribution in [3.63, 3.8) is 0 Å². The smallest absolute Gasteiger partial charge is 0.0201 e. The molecule has 0 rings (SSSR count). The number of hydrogen-bond donors (Lipinski definition) is 2. The van der Waals surface area contributed by atoms with Crippen molar-refractivity contribution in [2.24, 2.45) is 5.73 Å². The Morgan fingerprint density at radius 3 is 1.19 bits per heavy atom. The molecule has 0 saturated carbocycles. The van der Waals surface area contributed by atoms with Gasteiger partial charge in [-0.15, -0.1) is 0 Å². The highest BCUT2D eigenvalue weighted by atomic mass is 28.1. The first-order valence-electron chi connectivity index (χ1n) is 9.82. The first kappa shape index (κ1) is 21.1. The number of unbranched alkanes of at least 4 members (excludes halogenated alkanes) is 14. The fourth-order valence-corrected chi connectivity index (χ4v) is 3.22. The summed E-state index contributed by atoms with van der Waals surface area (Å²) in [5.74, 6) is 0. The third-order valence-electron chi connectivity index (χ3n) is 4.31. The molecule has 0 amide bonds. The Morgan fingerprint density at radius 1 is 0.524 bits per heavy atom. The van der Waals surface area contributed by atoms with Gasteiger partial charge in [0.25, 0.3) is 0 Å². The number of rotatable bonds is 18. The molecule has 0 radical (unpaired) electrons. The first-order valence-corrected chi connectivity index (χ1v) is 11.2. The Bertz CT molecular complexity index is 159. The molecule has 128 valence electrons. The maximum Gasteiger partial charge on any atom is 0.0201 e. The molecule has 0 aliphatic carbocycles. The third-order valence-corrected chi connectivity index (χ3v) is 4.81. The highest BCUT2D eigenvalue weighted by Crippen LogP contribution is 2.13. The quantitative estimate of drug-likeness (QED) is 0.299. The van der Waals surface area contributed by atoms with Gasteiger partial charge in [-0.1, -0.05) is 83.5 Å². The Kier molecular flexibility index (Phi) is 20.3. The maximum absolute atomic E-state index is 5.49. The van der Waals surface area contributed by atoms with Crippen LogP contribution in [0.15, 0.2) is 0 Å². The molecular weight excluding hydrogens is 272 g/mol. The summed E-state index contributed by atoms with van der Waals surface area (Å²) in [6.07, 6.45) is 22.6. The van der Waals surface area contributed by atoms with Crippen LogP contribution in [0.1, 0.15) is 96.3 Å². The SMILES string of the molecule is NCCCCCCCCCCCCCCCCCNC[SiH3]. The topological polar surface area (TPSA) is 38.0 Å². The second-order valence-corrected chi connectivity index (χ2v) is 7.15. The lowest BCUT2D eigenvalue weighted by molar-refractivity contribution is 0.529. The molecule has 0 aromatic carbocycles. The molecule has 0 aliphatic heterocycles. The van der Waals surface area contributed by atoms with E-state index < -0.39 is 0 Å². The van der Waals surface area contributed by atoms with Crippen molar-refractivity contribution in [1.29, 1.82) is 0 Å². The van der Waals surface area contributed by atoms with E-state index in [1.54, 1.807) is 0 Å². The zero-order chi connectivity index (χ0) is 15.4. The summed E-state index contributed by atoms with van der Waals surface area (Å²) < 4.78 is 0. The van der Waals surface area contributed by atoms with Crippen LogP contribution in [0, 0.1) is 0 Å². The average Bonchev–Trinajstić information content (AvgIpc) is 2.50. The van der Waals surface area contributed by atoms with E-state index in [1.165, 1.54) is 119 Å². The van der Waals surface area contributed by atoms with Crippen molar-refractivity contribution in [2.45, 2.75) is 96.3 Å². The van der Waals surface area contributed by atoms with Crippen molar-refractivity contribution in [2.75, 3.05) is 19.3 Å². The van der Waals surface area contributed by atoms with Crippen molar-refractivity contribution >= 4 is 10.2 Å². The minimum absolute atomic E-state index is 0.872. The molecule has 0 aromatic rings. The van der Waals surface area contributed by atoms with Gasteiger partial charge in [0.2, 0.25) is 0 Å². The van der Waals surface area contributed by atoms with E-state index in [-0.39, 0.29) is 0 Å². The second kappa shape index (κ2) is 20.1. The van der Waals surface area contributed by atoms with E-state index in [0.29, 0.717) is 0 Å². The zero-order valence-corrected chi connectivity index (χ0v) is 16.8. The average molecular weight is 315 g/mol. The summed E-state index contributed by atoms with van der Waals surface area (Å²) in [6.45, 7) is 2.12. The Balaban J connectivity index is 2.90. The van der Waals surface area contributed by atoms with Crippen LogP contribution in [0.25, 0.3) is 0 Å². The minimum Gasteiger partial charge on any atom is -0.330 e. The van der Waals surface area contributed by atoms with Gasteiger partial charge < -0.3 is 11.1 Å².